The molecule has 0 saturated carbocycles. The van der Waals surface area contributed by atoms with E-state index in [0.717, 1.165) is 37.4 Å². The third-order valence-corrected chi connectivity index (χ3v) is 6.97. The summed E-state index contributed by atoms with van der Waals surface area (Å²) in [6.07, 6.45) is 3.18. The first-order valence-corrected chi connectivity index (χ1v) is 12.9. The molecule has 0 unspecified atom stereocenters. The molecule has 0 spiro atoms. The number of nitrogens with one attached hydrogen (secondary N) is 1. The maximum atomic E-state index is 13.4. The topological polar surface area (TPSA) is 65.1 Å². The van der Waals surface area contributed by atoms with Gasteiger partial charge in [0.05, 0.1) is 12.2 Å². The first-order valence-electron chi connectivity index (χ1n) is 12.9. The minimum atomic E-state index is -0.0264. The summed E-state index contributed by atoms with van der Waals surface area (Å²) in [6, 6.07) is 18.2. The minimum Gasteiger partial charge on any atom is -0.486 e. The third-order valence-electron chi connectivity index (χ3n) is 6.97. The molecule has 4 rings (SSSR count). The molecule has 35 heavy (non-hydrogen) atoms. The normalized spacial score (nSPS) is 18.2. The van der Waals surface area contributed by atoms with E-state index in [1.807, 2.05) is 40.1 Å². The molecule has 7 heteroatoms. The molecule has 2 aliphatic heterocycles. The summed E-state index contributed by atoms with van der Waals surface area (Å²) in [5, 5.41) is 3.11. The van der Waals surface area contributed by atoms with E-state index in [0.29, 0.717) is 39.0 Å². The smallest absolute Gasteiger partial charge is 0.324 e. The number of amides is 3. The SMILES string of the molecule is CC[C@H]1CN(C(=O)N2CCC(C(=O)NCCCN(C)Cc3ccccc3)CC2)c2ccccc2O1. The molecular formula is C28H38N4O3. The van der Waals surface area contributed by atoms with E-state index in [1.165, 1.54) is 5.56 Å². The standard InChI is InChI=1S/C28H38N4O3/c1-3-24-21-32(25-12-7-8-13-26(25)35-24)28(34)31-18-14-23(15-19-31)27(33)29-16-9-17-30(2)20-22-10-5-4-6-11-22/h4-8,10-13,23-24H,3,9,14-21H2,1-2H3,(H,29,33)/t24-/m0/s1. The number of carbonyl (C=O) groups is 2. The number of fused-ring (bicyclic) bond motifs is 1. The van der Waals surface area contributed by atoms with Crippen molar-refractivity contribution in [2.24, 2.45) is 5.92 Å². The quantitative estimate of drug-likeness (QED) is 0.580. The lowest BCUT2D eigenvalue weighted by Gasteiger charge is -2.39. The van der Waals surface area contributed by atoms with Crippen molar-refractivity contribution >= 4 is 17.6 Å². The van der Waals surface area contributed by atoms with Gasteiger partial charge in [0.1, 0.15) is 11.9 Å². The fraction of sp³-hybridized carbons (Fsp3) is 0.500. The largest absolute Gasteiger partial charge is 0.486 e. The second-order valence-electron chi connectivity index (χ2n) is 9.64. The number of ether oxygens (including phenoxy) is 1. The van der Waals surface area contributed by atoms with Gasteiger partial charge < -0.3 is 19.9 Å². The zero-order valence-corrected chi connectivity index (χ0v) is 21.0. The third kappa shape index (κ3) is 6.54. The Hall–Kier alpha value is -3.06. The zero-order valence-electron chi connectivity index (χ0n) is 21.0. The summed E-state index contributed by atoms with van der Waals surface area (Å²) in [5.41, 5.74) is 2.13. The summed E-state index contributed by atoms with van der Waals surface area (Å²) in [4.78, 5) is 32.1. The van der Waals surface area contributed by atoms with Crippen molar-refractivity contribution in [2.75, 3.05) is 44.7 Å². The number of para-hydroxylation sites is 2. The monoisotopic (exact) mass is 478 g/mol. The molecular weight excluding hydrogens is 440 g/mol. The van der Waals surface area contributed by atoms with Crippen LogP contribution in [0.15, 0.2) is 54.6 Å². The van der Waals surface area contributed by atoms with Gasteiger partial charge in [0, 0.05) is 32.1 Å². The predicted molar refractivity (Wildman–Crippen MR) is 139 cm³/mol. The van der Waals surface area contributed by atoms with Gasteiger partial charge in [-0.15, -0.1) is 0 Å². The number of piperidine rings is 1. The molecule has 0 radical (unpaired) electrons. The van der Waals surface area contributed by atoms with Crippen LogP contribution in [0.25, 0.3) is 0 Å². The lowest BCUT2D eigenvalue weighted by Crippen LogP contribution is -2.52. The van der Waals surface area contributed by atoms with E-state index in [2.05, 4.69) is 48.5 Å². The van der Waals surface area contributed by atoms with E-state index in [-0.39, 0.29) is 24.0 Å². The number of anilines is 1. The molecule has 2 aromatic rings. The first kappa shape index (κ1) is 25.0. The van der Waals surface area contributed by atoms with Crippen LogP contribution in [0.3, 0.4) is 0 Å². The number of benzene rings is 2. The molecule has 1 fully saturated rings. The minimum absolute atomic E-state index is 0.00362. The molecule has 3 amide bonds. The second kappa shape index (κ2) is 12.1. The highest BCUT2D eigenvalue weighted by Gasteiger charge is 2.34. The Labute approximate surface area is 209 Å². The average Bonchev–Trinajstić information content (AvgIpc) is 2.90. The highest BCUT2D eigenvalue weighted by Crippen LogP contribution is 2.35. The van der Waals surface area contributed by atoms with Crippen LogP contribution >= 0.6 is 0 Å². The number of carbonyl (C=O) groups excluding carboxylic acids is 2. The van der Waals surface area contributed by atoms with E-state index in [4.69, 9.17) is 4.74 Å². The maximum absolute atomic E-state index is 13.4. The Morgan fingerprint density at radius 2 is 1.77 bits per heavy atom. The molecule has 0 aliphatic carbocycles. The van der Waals surface area contributed by atoms with Crippen molar-refractivity contribution in [2.45, 2.75) is 45.3 Å². The van der Waals surface area contributed by atoms with Crippen LogP contribution in [0.4, 0.5) is 10.5 Å². The predicted octanol–water partition coefficient (Wildman–Crippen LogP) is 4.13. The van der Waals surface area contributed by atoms with Crippen LogP contribution in [0.1, 0.15) is 38.2 Å². The van der Waals surface area contributed by atoms with Crippen LogP contribution in [0.2, 0.25) is 0 Å². The van der Waals surface area contributed by atoms with Gasteiger partial charge in [0.15, 0.2) is 0 Å². The van der Waals surface area contributed by atoms with Crippen molar-refractivity contribution in [3.05, 3.63) is 60.2 Å². The summed E-state index contributed by atoms with van der Waals surface area (Å²) in [6.45, 7) is 6.37. The number of urea groups is 1. The molecule has 1 saturated heterocycles. The fourth-order valence-electron chi connectivity index (χ4n) is 4.87. The average molecular weight is 479 g/mol. The van der Waals surface area contributed by atoms with Gasteiger partial charge in [-0.2, -0.15) is 0 Å². The Morgan fingerprint density at radius 3 is 2.51 bits per heavy atom. The van der Waals surface area contributed by atoms with Crippen LogP contribution in [0.5, 0.6) is 5.75 Å². The van der Waals surface area contributed by atoms with Crippen molar-refractivity contribution in [1.82, 2.24) is 15.1 Å². The molecule has 2 aliphatic rings. The van der Waals surface area contributed by atoms with Crippen molar-refractivity contribution in [3.63, 3.8) is 0 Å². The van der Waals surface area contributed by atoms with Crippen LogP contribution < -0.4 is 15.0 Å². The van der Waals surface area contributed by atoms with Gasteiger partial charge >= 0.3 is 6.03 Å². The first-order chi connectivity index (χ1) is 17.0. The summed E-state index contributed by atoms with van der Waals surface area (Å²) in [7, 11) is 2.11. The highest BCUT2D eigenvalue weighted by molar-refractivity contribution is 5.94. The van der Waals surface area contributed by atoms with Crippen molar-refractivity contribution < 1.29 is 14.3 Å². The summed E-state index contributed by atoms with van der Waals surface area (Å²) >= 11 is 0. The van der Waals surface area contributed by atoms with E-state index < -0.39 is 0 Å². The zero-order chi connectivity index (χ0) is 24.6. The van der Waals surface area contributed by atoms with Gasteiger partial charge in [0.25, 0.3) is 0 Å². The lowest BCUT2D eigenvalue weighted by atomic mass is 9.96. The number of nitrogens with zero attached hydrogens (tertiary/aromatic N) is 3. The van der Waals surface area contributed by atoms with Gasteiger partial charge in [-0.1, -0.05) is 49.4 Å². The summed E-state index contributed by atoms with van der Waals surface area (Å²) in [5.74, 6) is 0.856. The number of likely N-dealkylation sites (tertiary alicyclic amines) is 1. The van der Waals surface area contributed by atoms with Crippen LogP contribution in [0, 0.1) is 5.92 Å². The molecule has 0 aromatic heterocycles. The Kier molecular flexibility index (Phi) is 8.64. The maximum Gasteiger partial charge on any atom is 0.324 e. The van der Waals surface area contributed by atoms with E-state index in [9.17, 15) is 9.59 Å². The van der Waals surface area contributed by atoms with Gasteiger partial charge in [-0.25, -0.2) is 4.79 Å². The van der Waals surface area contributed by atoms with Crippen molar-refractivity contribution in [3.8, 4) is 5.75 Å². The highest BCUT2D eigenvalue weighted by atomic mass is 16.5. The molecule has 1 N–H and O–H groups in total. The van der Waals surface area contributed by atoms with Gasteiger partial charge in [-0.05, 0) is 57.0 Å². The Bertz CT molecular complexity index is 975. The summed E-state index contributed by atoms with van der Waals surface area (Å²) < 4.78 is 6.02. The Balaban J connectivity index is 1.19. The molecule has 2 heterocycles. The Morgan fingerprint density at radius 1 is 1.06 bits per heavy atom. The number of rotatable bonds is 8. The second-order valence-corrected chi connectivity index (χ2v) is 9.64. The van der Waals surface area contributed by atoms with Gasteiger partial charge in [-0.3, -0.25) is 9.69 Å². The molecule has 1 atom stereocenters. The van der Waals surface area contributed by atoms with Crippen LogP contribution in [-0.2, 0) is 11.3 Å². The fourth-order valence-corrected chi connectivity index (χ4v) is 4.87. The molecule has 188 valence electrons. The van der Waals surface area contributed by atoms with Crippen LogP contribution in [-0.4, -0.2) is 67.6 Å². The number of hydrogen-bond acceptors (Lipinski definition) is 4. The molecule has 0 bridgehead atoms. The van der Waals surface area contributed by atoms with Gasteiger partial charge in [0.2, 0.25) is 5.91 Å². The molecule has 2 aromatic carbocycles. The number of hydrogen-bond donors (Lipinski definition) is 1. The molecule has 7 nitrogen and oxygen atoms in total. The van der Waals surface area contributed by atoms with Crippen molar-refractivity contribution in [1.29, 1.82) is 0 Å². The van der Waals surface area contributed by atoms with E-state index >= 15 is 0 Å². The van der Waals surface area contributed by atoms with E-state index in [1.54, 1.807) is 0 Å². The lowest BCUT2D eigenvalue weighted by molar-refractivity contribution is -0.126.